The van der Waals surface area contributed by atoms with Gasteiger partial charge < -0.3 is 14.0 Å². The zero-order chi connectivity index (χ0) is 24.5. The molecule has 0 aliphatic carbocycles. The number of carbonyl (C=O) groups is 2. The lowest BCUT2D eigenvalue weighted by Crippen LogP contribution is -2.43. The number of hydrogen-bond donors (Lipinski definition) is 0. The molecule has 0 bridgehead atoms. The minimum Gasteiger partial charge on any atom is -0.463 e. The number of rotatable bonds is 14. The molecule has 0 spiro atoms. The Kier molecular flexibility index (Phi) is 12.0. The van der Waals surface area contributed by atoms with Crippen molar-refractivity contribution in [3.05, 3.63) is 0 Å². The fraction of sp³-hybridized carbons (Fsp3) is 0.895. The molecule has 1 unspecified atom stereocenters. The van der Waals surface area contributed by atoms with Crippen LogP contribution in [-0.4, -0.2) is 76.9 Å². The van der Waals surface area contributed by atoms with Gasteiger partial charge in [-0.1, -0.05) is 27.7 Å². The molecule has 0 rings (SSSR count). The number of hydrogen-bond acceptors (Lipinski definition) is 7. The summed E-state index contributed by atoms with van der Waals surface area (Å²) >= 11 is 0. The molecule has 1 atom stereocenters. The van der Waals surface area contributed by atoms with E-state index in [4.69, 9.17) is 9.47 Å². The molecule has 0 saturated heterocycles. The molecule has 0 amide bonds. The number of halogens is 3. The van der Waals surface area contributed by atoms with Crippen molar-refractivity contribution < 1.29 is 49.3 Å². The molecular formula is C19H35F3NO7S+. The van der Waals surface area contributed by atoms with Gasteiger partial charge in [0.2, 0.25) is 0 Å². The van der Waals surface area contributed by atoms with E-state index in [0.717, 1.165) is 0 Å². The van der Waals surface area contributed by atoms with Gasteiger partial charge >= 0.3 is 27.6 Å². The van der Waals surface area contributed by atoms with Gasteiger partial charge in [-0.3, -0.25) is 13.8 Å². The van der Waals surface area contributed by atoms with Crippen LogP contribution in [0.3, 0.4) is 0 Å². The van der Waals surface area contributed by atoms with E-state index in [1.807, 2.05) is 14.1 Å². The predicted molar refractivity (Wildman–Crippen MR) is 107 cm³/mol. The molecule has 31 heavy (non-hydrogen) atoms. The molecule has 0 heterocycles. The van der Waals surface area contributed by atoms with Crippen molar-refractivity contribution >= 4 is 22.1 Å². The first kappa shape index (κ1) is 29.6. The minimum absolute atomic E-state index is 0.0387. The fourth-order valence-corrected chi connectivity index (χ4v) is 2.94. The molecular weight excluding hydrogens is 443 g/mol. The zero-order valence-corrected chi connectivity index (χ0v) is 19.8. The van der Waals surface area contributed by atoms with E-state index in [2.05, 4.69) is 4.18 Å². The first-order valence-corrected chi connectivity index (χ1v) is 11.5. The van der Waals surface area contributed by atoms with Crippen LogP contribution < -0.4 is 0 Å². The number of nitrogens with zero attached hydrogens (tertiary/aromatic N) is 1. The summed E-state index contributed by atoms with van der Waals surface area (Å²) in [5.74, 6) is -1.68. The van der Waals surface area contributed by atoms with E-state index >= 15 is 0 Å². The van der Waals surface area contributed by atoms with Gasteiger partial charge in [0.1, 0.15) is 25.9 Å². The second-order valence-electron chi connectivity index (χ2n) is 8.60. The zero-order valence-electron chi connectivity index (χ0n) is 19.0. The van der Waals surface area contributed by atoms with Crippen molar-refractivity contribution in [2.75, 3.05) is 40.4 Å². The molecule has 184 valence electrons. The Labute approximate surface area is 182 Å². The molecule has 0 aromatic rings. The summed E-state index contributed by atoms with van der Waals surface area (Å²) in [6.45, 7) is 7.37. The Morgan fingerprint density at radius 1 is 0.903 bits per heavy atom. The van der Waals surface area contributed by atoms with Gasteiger partial charge in [-0.2, -0.15) is 21.6 Å². The fourth-order valence-electron chi connectivity index (χ4n) is 2.32. The number of likely N-dealkylation sites (N-methyl/N-ethyl adjacent to an activating group) is 1. The average Bonchev–Trinajstić information content (AvgIpc) is 2.60. The number of quaternary nitrogens is 1. The van der Waals surface area contributed by atoms with E-state index in [9.17, 15) is 31.2 Å². The second-order valence-corrected chi connectivity index (χ2v) is 10.2. The van der Waals surface area contributed by atoms with E-state index in [-0.39, 0.29) is 24.9 Å². The summed E-state index contributed by atoms with van der Waals surface area (Å²) in [5.41, 5.74) is -5.56. The topological polar surface area (TPSA) is 96.0 Å². The van der Waals surface area contributed by atoms with E-state index in [1.165, 1.54) is 0 Å². The van der Waals surface area contributed by atoms with Gasteiger partial charge in [0.05, 0.1) is 32.5 Å². The Balaban J connectivity index is 4.70. The van der Waals surface area contributed by atoms with Gasteiger partial charge in [-0.15, -0.1) is 0 Å². The third kappa shape index (κ3) is 12.3. The van der Waals surface area contributed by atoms with Crippen LogP contribution in [0.5, 0.6) is 0 Å². The number of esters is 2. The van der Waals surface area contributed by atoms with Gasteiger partial charge in [-0.05, 0) is 19.3 Å². The molecule has 0 N–H and O–H groups in total. The summed E-state index contributed by atoms with van der Waals surface area (Å²) in [7, 11) is -1.98. The molecule has 0 aliphatic rings. The Hall–Kier alpha value is -1.40. The molecule has 0 aliphatic heterocycles. The van der Waals surface area contributed by atoms with E-state index < -0.39 is 40.2 Å². The van der Waals surface area contributed by atoms with Crippen LogP contribution in [0.15, 0.2) is 0 Å². The molecule has 8 nitrogen and oxygen atoms in total. The van der Waals surface area contributed by atoms with Crippen LogP contribution in [0.4, 0.5) is 13.2 Å². The number of ether oxygens (including phenoxy) is 2. The van der Waals surface area contributed by atoms with E-state index in [1.54, 1.807) is 27.7 Å². The summed E-state index contributed by atoms with van der Waals surface area (Å²) in [6, 6.07) is 0. The van der Waals surface area contributed by atoms with Gasteiger partial charge in [0.15, 0.2) is 0 Å². The van der Waals surface area contributed by atoms with Crippen molar-refractivity contribution in [2.24, 2.45) is 11.8 Å². The Morgan fingerprint density at radius 2 is 1.42 bits per heavy atom. The average molecular weight is 479 g/mol. The van der Waals surface area contributed by atoms with Crippen molar-refractivity contribution in [3.8, 4) is 0 Å². The monoisotopic (exact) mass is 478 g/mol. The number of unbranched alkanes of at least 4 members (excludes halogenated alkanes) is 1. The lowest BCUT2D eigenvalue weighted by Gasteiger charge is -2.30. The van der Waals surface area contributed by atoms with Crippen LogP contribution in [0.2, 0.25) is 0 Å². The lowest BCUT2D eigenvalue weighted by atomic mass is 10.1. The van der Waals surface area contributed by atoms with Crippen molar-refractivity contribution in [3.63, 3.8) is 0 Å². The summed E-state index contributed by atoms with van der Waals surface area (Å²) in [4.78, 5) is 23.1. The van der Waals surface area contributed by atoms with Crippen molar-refractivity contribution in [2.45, 2.75) is 58.6 Å². The molecule has 0 saturated carbocycles. The standard InChI is InChI=1S/C19H35F3NO7S/c1-14(2)17(24)28-12-11-23(5,6)10-8-7-9-16(13-29-18(25)15(3)4)30-31(26,27)19(20,21)22/h14-16H,7-13H2,1-6H3/q+1. The SMILES string of the molecule is CC(C)C(=O)OCC[N+](C)(C)CCCCC(COC(=O)C(C)C)OS(=O)(=O)C(F)(F)F. The van der Waals surface area contributed by atoms with Crippen molar-refractivity contribution in [1.29, 1.82) is 0 Å². The highest BCUT2D eigenvalue weighted by Crippen LogP contribution is 2.27. The Bertz CT molecular complexity index is 676. The highest BCUT2D eigenvalue weighted by Gasteiger charge is 2.48. The summed E-state index contributed by atoms with van der Waals surface area (Å²) < 4.78 is 75.3. The molecule has 0 radical (unpaired) electrons. The van der Waals surface area contributed by atoms with Crippen molar-refractivity contribution in [1.82, 2.24) is 0 Å². The molecule has 0 aromatic carbocycles. The molecule has 12 heteroatoms. The van der Waals surface area contributed by atoms with Crippen LogP contribution >= 0.6 is 0 Å². The Morgan fingerprint density at radius 3 is 1.90 bits per heavy atom. The highest BCUT2D eigenvalue weighted by atomic mass is 32.2. The van der Waals surface area contributed by atoms with E-state index in [0.29, 0.717) is 30.4 Å². The summed E-state index contributed by atoms with van der Waals surface area (Å²) in [6.07, 6.45) is -0.569. The van der Waals surface area contributed by atoms with Crippen LogP contribution in [0, 0.1) is 11.8 Å². The second kappa shape index (κ2) is 12.6. The highest BCUT2D eigenvalue weighted by molar-refractivity contribution is 7.87. The third-order valence-corrected chi connectivity index (χ3v) is 5.47. The number of alkyl halides is 3. The van der Waals surface area contributed by atoms with Gasteiger partial charge in [0, 0.05) is 0 Å². The quantitative estimate of drug-likeness (QED) is 0.125. The number of carbonyl (C=O) groups excluding carboxylic acids is 2. The normalized spacial score (nSPS) is 14.0. The molecule has 0 aromatic heterocycles. The first-order valence-electron chi connectivity index (χ1n) is 10.1. The third-order valence-electron chi connectivity index (χ3n) is 4.38. The predicted octanol–water partition coefficient (Wildman–Crippen LogP) is 2.87. The largest absolute Gasteiger partial charge is 0.523 e. The maximum Gasteiger partial charge on any atom is 0.523 e. The van der Waals surface area contributed by atoms with Crippen LogP contribution in [0.25, 0.3) is 0 Å². The molecule has 0 fully saturated rings. The van der Waals surface area contributed by atoms with Crippen LogP contribution in [0.1, 0.15) is 47.0 Å². The summed E-state index contributed by atoms with van der Waals surface area (Å²) in [5, 5.41) is 0. The first-order chi connectivity index (χ1) is 14.0. The smallest absolute Gasteiger partial charge is 0.463 e. The van der Waals surface area contributed by atoms with Crippen LogP contribution in [-0.2, 0) is 33.4 Å². The van der Waals surface area contributed by atoms with Gasteiger partial charge in [0.25, 0.3) is 0 Å². The lowest BCUT2D eigenvalue weighted by molar-refractivity contribution is -0.890. The minimum atomic E-state index is -5.80. The maximum absolute atomic E-state index is 12.6. The van der Waals surface area contributed by atoms with Gasteiger partial charge in [-0.25, -0.2) is 0 Å². The maximum atomic E-state index is 12.6.